The van der Waals surface area contributed by atoms with Crippen LogP contribution < -0.4 is 5.56 Å². The first-order chi connectivity index (χ1) is 10.6. The smallest absolute Gasteiger partial charge is 0.261 e. The lowest BCUT2D eigenvalue weighted by Crippen LogP contribution is -2.24. The third-order valence-corrected chi connectivity index (χ3v) is 4.60. The van der Waals surface area contributed by atoms with Gasteiger partial charge < -0.3 is 4.90 Å². The molecule has 1 saturated carbocycles. The molecule has 1 aliphatic rings. The van der Waals surface area contributed by atoms with Crippen molar-refractivity contribution in [2.75, 3.05) is 14.1 Å². The zero-order valence-corrected chi connectivity index (χ0v) is 13.8. The van der Waals surface area contributed by atoms with Crippen molar-refractivity contribution >= 4 is 5.65 Å². The SMILES string of the molecule is CCCc1cnc2c(C3CCC3)c(CN(C)C)ccn2c1=O. The molecular formula is C18H25N3O. The van der Waals surface area contributed by atoms with Crippen LogP contribution in [0, 0.1) is 0 Å². The van der Waals surface area contributed by atoms with Gasteiger partial charge in [0.05, 0.1) is 0 Å². The van der Waals surface area contributed by atoms with Gasteiger partial charge in [-0.25, -0.2) is 4.98 Å². The Labute approximate surface area is 131 Å². The highest BCUT2D eigenvalue weighted by Crippen LogP contribution is 2.39. The van der Waals surface area contributed by atoms with Crippen LogP contribution in [0.4, 0.5) is 0 Å². The fourth-order valence-electron chi connectivity index (χ4n) is 3.30. The zero-order valence-electron chi connectivity index (χ0n) is 13.8. The Kier molecular flexibility index (Phi) is 4.30. The molecular weight excluding hydrogens is 274 g/mol. The van der Waals surface area contributed by atoms with E-state index >= 15 is 0 Å². The molecule has 118 valence electrons. The van der Waals surface area contributed by atoms with Gasteiger partial charge in [-0.05, 0) is 50.9 Å². The normalized spacial score (nSPS) is 15.5. The van der Waals surface area contributed by atoms with E-state index < -0.39 is 0 Å². The maximum atomic E-state index is 12.6. The van der Waals surface area contributed by atoms with E-state index in [1.54, 1.807) is 10.6 Å². The first kappa shape index (κ1) is 15.2. The van der Waals surface area contributed by atoms with Gasteiger partial charge in [0.2, 0.25) is 0 Å². The van der Waals surface area contributed by atoms with Gasteiger partial charge in [-0.3, -0.25) is 9.20 Å². The number of rotatable bonds is 5. The topological polar surface area (TPSA) is 37.6 Å². The van der Waals surface area contributed by atoms with E-state index in [-0.39, 0.29) is 5.56 Å². The third-order valence-electron chi connectivity index (χ3n) is 4.60. The summed E-state index contributed by atoms with van der Waals surface area (Å²) in [7, 11) is 4.16. The number of aryl methyl sites for hydroxylation is 1. The Morgan fingerprint density at radius 3 is 2.68 bits per heavy atom. The summed E-state index contributed by atoms with van der Waals surface area (Å²) in [5.74, 6) is 0.565. The molecule has 0 atom stereocenters. The van der Waals surface area contributed by atoms with Crippen LogP contribution in [-0.4, -0.2) is 28.4 Å². The predicted octanol–water partition coefficient (Wildman–Crippen LogP) is 2.98. The van der Waals surface area contributed by atoms with Gasteiger partial charge in [-0.15, -0.1) is 0 Å². The van der Waals surface area contributed by atoms with Crippen molar-refractivity contribution in [3.8, 4) is 0 Å². The summed E-state index contributed by atoms with van der Waals surface area (Å²) in [5, 5.41) is 0. The van der Waals surface area contributed by atoms with Gasteiger partial charge in [0.1, 0.15) is 5.65 Å². The molecule has 0 amide bonds. The van der Waals surface area contributed by atoms with Crippen LogP contribution in [-0.2, 0) is 13.0 Å². The molecule has 22 heavy (non-hydrogen) atoms. The van der Waals surface area contributed by atoms with Gasteiger partial charge in [-0.2, -0.15) is 0 Å². The molecule has 1 fully saturated rings. The van der Waals surface area contributed by atoms with Crippen LogP contribution in [0.3, 0.4) is 0 Å². The molecule has 0 aliphatic heterocycles. The largest absolute Gasteiger partial charge is 0.305 e. The Bertz CT molecular complexity index is 729. The maximum absolute atomic E-state index is 12.6. The van der Waals surface area contributed by atoms with Crippen molar-refractivity contribution in [2.45, 2.75) is 51.5 Å². The number of nitrogens with zero attached hydrogens (tertiary/aromatic N) is 3. The van der Waals surface area contributed by atoms with E-state index in [4.69, 9.17) is 0 Å². The first-order valence-corrected chi connectivity index (χ1v) is 8.28. The molecule has 0 unspecified atom stereocenters. The van der Waals surface area contributed by atoms with Crippen molar-refractivity contribution < 1.29 is 0 Å². The summed E-state index contributed by atoms with van der Waals surface area (Å²) in [4.78, 5) is 19.5. The van der Waals surface area contributed by atoms with E-state index in [1.807, 2.05) is 6.20 Å². The van der Waals surface area contributed by atoms with Gasteiger partial charge in [-0.1, -0.05) is 19.8 Å². The fraction of sp³-hybridized carbons (Fsp3) is 0.556. The Balaban J connectivity index is 2.19. The summed E-state index contributed by atoms with van der Waals surface area (Å²) in [6.07, 6.45) is 9.18. The van der Waals surface area contributed by atoms with Crippen molar-refractivity contribution in [2.24, 2.45) is 0 Å². The minimum Gasteiger partial charge on any atom is -0.305 e. The molecule has 1 aliphatic carbocycles. The zero-order chi connectivity index (χ0) is 15.7. The number of pyridine rings is 1. The molecule has 0 N–H and O–H groups in total. The maximum Gasteiger partial charge on any atom is 0.261 e. The van der Waals surface area contributed by atoms with E-state index in [0.717, 1.165) is 30.6 Å². The summed E-state index contributed by atoms with van der Waals surface area (Å²) in [5.41, 5.74) is 4.39. The summed E-state index contributed by atoms with van der Waals surface area (Å²) in [6.45, 7) is 2.99. The average molecular weight is 299 g/mol. The van der Waals surface area contributed by atoms with Crippen molar-refractivity contribution in [1.82, 2.24) is 14.3 Å². The van der Waals surface area contributed by atoms with Crippen LogP contribution in [0.5, 0.6) is 0 Å². The van der Waals surface area contributed by atoms with Crippen molar-refractivity contribution in [3.05, 3.63) is 45.5 Å². The van der Waals surface area contributed by atoms with Crippen LogP contribution in [0.1, 0.15) is 55.2 Å². The fourth-order valence-corrected chi connectivity index (χ4v) is 3.30. The first-order valence-electron chi connectivity index (χ1n) is 8.28. The molecule has 4 nitrogen and oxygen atoms in total. The molecule has 0 bridgehead atoms. The van der Waals surface area contributed by atoms with E-state index in [2.05, 4.69) is 37.0 Å². The van der Waals surface area contributed by atoms with Gasteiger partial charge in [0.25, 0.3) is 5.56 Å². The minimum absolute atomic E-state index is 0.101. The summed E-state index contributed by atoms with van der Waals surface area (Å²) in [6, 6.07) is 2.11. The van der Waals surface area contributed by atoms with Gasteiger partial charge in [0.15, 0.2) is 0 Å². The second-order valence-electron chi connectivity index (χ2n) is 6.65. The summed E-state index contributed by atoms with van der Waals surface area (Å²) < 4.78 is 1.76. The molecule has 3 rings (SSSR count). The minimum atomic E-state index is 0.101. The molecule has 0 spiro atoms. The van der Waals surface area contributed by atoms with Gasteiger partial charge >= 0.3 is 0 Å². The van der Waals surface area contributed by atoms with E-state index in [9.17, 15) is 4.79 Å². The Morgan fingerprint density at radius 2 is 2.09 bits per heavy atom. The Hall–Kier alpha value is -1.68. The number of aromatic nitrogens is 2. The van der Waals surface area contributed by atoms with Crippen molar-refractivity contribution in [1.29, 1.82) is 0 Å². The van der Waals surface area contributed by atoms with Crippen molar-refractivity contribution in [3.63, 3.8) is 0 Å². The molecule has 0 radical (unpaired) electrons. The molecule has 2 aromatic rings. The lowest BCUT2D eigenvalue weighted by Gasteiger charge is -2.29. The molecule has 0 aromatic carbocycles. The molecule has 4 heteroatoms. The van der Waals surface area contributed by atoms with Crippen LogP contribution >= 0.6 is 0 Å². The predicted molar refractivity (Wildman–Crippen MR) is 89.4 cm³/mol. The monoisotopic (exact) mass is 299 g/mol. The van der Waals surface area contributed by atoms with Crippen LogP contribution in [0.15, 0.2) is 23.3 Å². The number of fused-ring (bicyclic) bond motifs is 1. The molecule has 0 saturated heterocycles. The lowest BCUT2D eigenvalue weighted by molar-refractivity contribution is 0.384. The van der Waals surface area contributed by atoms with Crippen LogP contribution in [0.2, 0.25) is 0 Å². The number of hydrogen-bond donors (Lipinski definition) is 0. The number of hydrogen-bond acceptors (Lipinski definition) is 3. The Morgan fingerprint density at radius 1 is 1.32 bits per heavy atom. The highest BCUT2D eigenvalue weighted by atomic mass is 16.1. The van der Waals surface area contributed by atoms with E-state index in [1.165, 1.54) is 30.4 Å². The van der Waals surface area contributed by atoms with Crippen LogP contribution in [0.25, 0.3) is 5.65 Å². The molecule has 2 aromatic heterocycles. The third kappa shape index (κ3) is 2.68. The molecule has 2 heterocycles. The highest BCUT2D eigenvalue weighted by molar-refractivity contribution is 5.54. The second kappa shape index (κ2) is 6.21. The highest BCUT2D eigenvalue weighted by Gasteiger charge is 2.26. The summed E-state index contributed by atoms with van der Waals surface area (Å²) >= 11 is 0. The standard InChI is InChI=1S/C18H25N3O/c1-4-6-14-11-19-17-16(13-7-5-8-13)15(12-20(2)3)9-10-21(17)18(14)22/h9-11,13H,4-8,12H2,1-3H3. The second-order valence-corrected chi connectivity index (χ2v) is 6.65. The van der Waals surface area contributed by atoms with E-state index in [0.29, 0.717) is 5.92 Å². The average Bonchev–Trinajstić information content (AvgIpc) is 2.42. The lowest BCUT2D eigenvalue weighted by atomic mass is 9.78. The van der Waals surface area contributed by atoms with Gasteiger partial charge in [0, 0.05) is 30.1 Å². The quantitative estimate of drug-likeness (QED) is 0.852.